The number of rotatable bonds is 2. The minimum atomic E-state index is -3.89. The smallest absolute Gasteiger partial charge is 0.246 e. The maximum atomic E-state index is 13.7. The number of nitrogens with zero attached hydrogens (tertiary/aromatic N) is 1. The molecule has 2 saturated heterocycles. The third-order valence-electron chi connectivity index (χ3n) is 4.25. The van der Waals surface area contributed by atoms with Gasteiger partial charge in [0.2, 0.25) is 10.0 Å². The summed E-state index contributed by atoms with van der Waals surface area (Å²) in [5.74, 6) is -1.81. The molecule has 2 fully saturated rings. The van der Waals surface area contributed by atoms with Crippen LogP contribution in [0.5, 0.6) is 0 Å². The van der Waals surface area contributed by atoms with E-state index in [0.717, 1.165) is 38.1 Å². The Bertz CT molecular complexity index is 633. The van der Waals surface area contributed by atoms with E-state index in [1.807, 2.05) is 0 Å². The molecule has 118 valence electrons. The molecule has 0 saturated carbocycles. The van der Waals surface area contributed by atoms with E-state index in [0.29, 0.717) is 19.2 Å². The number of nitrogens with one attached hydrogen (secondary N) is 1. The summed E-state index contributed by atoms with van der Waals surface area (Å²) in [7, 11) is -3.89. The zero-order valence-electron chi connectivity index (χ0n) is 11.3. The SMILES string of the molecule is Cl.O=S(=O)(c1ccc(F)cc1F)N1CCC2(CCNC2)C1. The van der Waals surface area contributed by atoms with Gasteiger partial charge in [0.1, 0.15) is 16.5 Å². The summed E-state index contributed by atoms with van der Waals surface area (Å²) in [5.41, 5.74) is -0.0242. The molecule has 2 heterocycles. The molecular formula is C13H17ClF2N2O2S. The average molecular weight is 339 g/mol. The van der Waals surface area contributed by atoms with Crippen LogP contribution in [0.4, 0.5) is 8.78 Å². The van der Waals surface area contributed by atoms with E-state index in [1.54, 1.807) is 0 Å². The molecule has 1 N–H and O–H groups in total. The van der Waals surface area contributed by atoms with Crippen molar-refractivity contribution in [3.8, 4) is 0 Å². The first-order valence-electron chi connectivity index (χ1n) is 6.59. The van der Waals surface area contributed by atoms with E-state index < -0.39 is 26.6 Å². The topological polar surface area (TPSA) is 49.4 Å². The highest BCUT2D eigenvalue weighted by Crippen LogP contribution is 2.38. The van der Waals surface area contributed by atoms with Gasteiger partial charge in [-0.2, -0.15) is 4.31 Å². The van der Waals surface area contributed by atoms with Crippen LogP contribution in [-0.2, 0) is 10.0 Å². The molecule has 1 aromatic rings. The largest absolute Gasteiger partial charge is 0.316 e. The van der Waals surface area contributed by atoms with Crippen molar-refractivity contribution in [3.63, 3.8) is 0 Å². The minimum Gasteiger partial charge on any atom is -0.316 e. The van der Waals surface area contributed by atoms with Gasteiger partial charge in [-0.1, -0.05) is 0 Å². The van der Waals surface area contributed by atoms with Crippen LogP contribution in [-0.4, -0.2) is 38.9 Å². The Morgan fingerprint density at radius 2 is 2.00 bits per heavy atom. The summed E-state index contributed by atoms with van der Waals surface area (Å²) < 4.78 is 52.8. The van der Waals surface area contributed by atoms with Gasteiger partial charge in [0, 0.05) is 25.7 Å². The minimum absolute atomic E-state index is 0. The van der Waals surface area contributed by atoms with Gasteiger partial charge in [-0.15, -0.1) is 12.4 Å². The zero-order chi connectivity index (χ0) is 14.4. The second-order valence-corrected chi connectivity index (χ2v) is 7.50. The van der Waals surface area contributed by atoms with Crippen molar-refractivity contribution in [2.75, 3.05) is 26.2 Å². The van der Waals surface area contributed by atoms with Crippen molar-refractivity contribution in [2.24, 2.45) is 5.41 Å². The second kappa shape index (κ2) is 5.79. The van der Waals surface area contributed by atoms with Crippen molar-refractivity contribution in [2.45, 2.75) is 17.7 Å². The molecule has 2 aliphatic rings. The lowest BCUT2D eigenvalue weighted by Crippen LogP contribution is -2.33. The molecule has 4 nitrogen and oxygen atoms in total. The molecule has 0 amide bonds. The second-order valence-electron chi connectivity index (χ2n) is 5.59. The molecule has 0 radical (unpaired) electrons. The summed E-state index contributed by atoms with van der Waals surface area (Å²) in [5, 5.41) is 3.24. The van der Waals surface area contributed by atoms with E-state index in [9.17, 15) is 17.2 Å². The van der Waals surface area contributed by atoms with E-state index in [1.165, 1.54) is 4.31 Å². The predicted octanol–water partition coefficient (Wildman–Crippen LogP) is 1.76. The molecule has 0 aromatic heterocycles. The highest BCUT2D eigenvalue weighted by molar-refractivity contribution is 7.89. The van der Waals surface area contributed by atoms with Crippen molar-refractivity contribution in [1.82, 2.24) is 9.62 Å². The van der Waals surface area contributed by atoms with Crippen LogP contribution >= 0.6 is 12.4 Å². The molecule has 1 spiro atoms. The molecular weight excluding hydrogens is 322 g/mol. The Hall–Kier alpha value is -0.760. The molecule has 3 rings (SSSR count). The van der Waals surface area contributed by atoms with Gasteiger partial charge in [-0.05, 0) is 36.9 Å². The standard InChI is InChI=1S/C13H16F2N2O2S.ClH/c14-10-1-2-12(11(15)7-10)20(18,19)17-6-4-13(9-17)3-5-16-8-13;/h1-2,7,16H,3-6,8-9H2;1H. The van der Waals surface area contributed by atoms with Crippen molar-refractivity contribution < 1.29 is 17.2 Å². The van der Waals surface area contributed by atoms with Gasteiger partial charge < -0.3 is 5.32 Å². The molecule has 0 aliphatic carbocycles. The fourth-order valence-corrected chi connectivity index (χ4v) is 4.67. The summed E-state index contributed by atoms with van der Waals surface area (Å²) in [6, 6.07) is 2.58. The third-order valence-corrected chi connectivity index (χ3v) is 6.13. The van der Waals surface area contributed by atoms with Gasteiger partial charge >= 0.3 is 0 Å². The number of sulfonamides is 1. The molecule has 1 unspecified atom stereocenters. The van der Waals surface area contributed by atoms with Gasteiger partial charge in [-0.25, -0.2) is 17.2 Å². The van der Waals surface area contributed by atoms with Gasteiger partial charge in [-0.3, -0.25) is 0 Å². The number of halogens is 3. The van der Waals surface area contributed by atoms with E-state index in [-0.39, 0.29) is 17.8 Å². The van der Waals surface area contributed by atoms with Crippen LogP contribution in [0.1, 0.15) is 12.8 Å². The first-order chi connectivity index (χ1) is 9.43. The first kappa shape index (κ1) is 16.6. The highest BCUT2D eigenvalue weighted by atomic mass is 35.5. The van der Waals surface area contributed by atoms with Crippen molar-refractivity contribution in [1.29, 1.82) is 0 Å². The maximum absolute atomic E-state index is 13.7. The summed E-state index contributed by atoms with van der Waals surface area (Å²) in [6.45, 7) is 2.48. The quantitative estimate of drug-likeness (QED) is 0.894. The fraction of sp³-hybridized carbons (Fsp3) is 0.538. The Morgan fingerprint density at radius 3 is 2.62 bits per heavy atom. The van der Waals surface area contributed by atoms with Gasteiger partial charge in [0.25, 0.3) is 0 Å². The molecule has 2 aliphatic heterocycles. The van der Waals surface area contributed by atoms with Crippen LogP contribution in [0.3, 0.4) is 0 Å². The lowest BCUT2D eigenvalue weighted by atomic mass is 9.87. The monoisotopic (exact) mass is 338 g/mol. The van der Waals surface area contributed by atoms with Crippen LogP contribution in [0.25, 0.3) is 0 Å². The molecule has 1 atom stereocenters. The highest BCUT2D eigenvalue weighted by Gasteiger charge is 2.44. The summed E-state index contributed by atoms with van der Waals surface area (Å²) in [6.07, 6.45) is 1.72. The van der Waals surface area contributed by atoms with Crippen molar-refractivity contribution in [3.05, 3.63) is 29.8 Å². The third kappa shape index (κ3) is 2.92. The first-order valence-corrected chi connectivity index (χ1v) is 8.03. The normalized spacial score (nSPS) is 26.2. The number of hydrogen-bond acceptors (Lipinski definition) is 3. The van der Waals surface area contributed by atoms with Crippen LogP contribution in [0.15, 0.2) is 23.1 Å². The van der Waals surface area contributed by atoms with Gasteiger partial charge in [0.15, 0.2) is 0 Å². The van der Waals surface area contributed by atoms with E-state index in [2.05, 4.69) is 5.32 Å². The van der Waals surface area contributed by atoms with Crippen LogP contribution in [0.2, 0.25) is 0 Å². The average Bonchev–Trinajstić information content (AvgIpc) is 3.00. The Labute approximate surface area is 129 Å². The lowest BCUT2D eigenvalue weighted by Gasteiger charge is -2.22. The molecule has 8 heteroatoms. The number of hydrogen-bond donors (Lipinski definition) is 1. The van der Waals surface area contributed by atoms with Crippen molar-refractivity contribution >= 4 is 22.4 Å². The maximum Gasteiger partial charge on any atom is 0.246 e. The van der Waals surface area contributed by atoms with E-state index >= 15 is 0 Å². The Kier molecular flexibility index (Phi) is 4.58. The van der Waals surface area contributed by atoms with E-state index in [4.69, 9.17) is 0 Å². The predicted molar refractivity (Wildman–Crippen MR) is 76.9 cm³/mol. The summed E-state index contributed by atoms with van der Waals surface area (Å²) in [4.78, 5) is -0.443. The number of benzene rings is 1. The molecule has 0 bridgehead atoms. The molecule has 21 heavy (non-hydrogen) atoms. The summed E-state index contributed by atoms with van der Waals surface area (Å²) >= 11 is 0. The molecule has 1 aromatic carbocycles. The Balaban J connectivity index is 0.00000161. The Morgan fingerprint density at radius 1 is 1.24 bits per heavy atom. The van der Waals surface area contributed by atoms with Crippen LogP contribution in [0, 0.1) is 17.0 Å². The van der Waals surface area contributed by atoms with Crippen LogP contribution < -0.4 is 5.32 Å². The fourth-order valence-electron chi connectivity index (χ4n) is 3.07. The lowest BCUT2D eigenvalue weighted by molar-refractivity contribution is 0.337. The van der Waals surface area contributed by atoms with Gasteiger partial charge in [0.05, 0.1) is 0 Å². The zero-order valence-corrected chi connectivity index (χ0v) is 12.9.